The van der Waals surface area contributed by atoms with Gasteiger partial charge in [-0.15, -0.1) is 0 Å². The molecular weight excluding hydrogens is 186 g/mol. The van der Waals surface area contributed by atoms with E-state index in [0.29, 0.717) is 0 Å². The van der Waals surface area contributed by atoms with E-state index >= 15 is 0 Å². The molecule has 1 heterocycles. The van der Waals surface area contributed by atoms with Gasteiger partial charge in [0.2, 0.25) is 0 Å². The molecule has 0 spiro atoms. The summed E-state index contributed by atoms with van der Waals surface area (Å²) < 4.78 is 0. The molecule has 0 aromatic carbocycles. The molecule has 6 nitrogen and oxygen atoms in total. The highest BCUT2D eigenvalue weighted by Gasteiger charge is 2.24. The third-order valence-electron chi connectivity index (χ3n) is 1.98. The molecule has 1 aromatic heterocycles. The van der Waals surface area contributed by atoms with Crippen LogP contribution in [-0.2, 0) is 0 Å². The monoisotopic (exact) mass is 195 g/mol. The molecule has 0 radical (unpaired) electrons. The number of aromatic amines is 2. The molecule has 0 aliphatic heterocycles. The molecular formula is C8H9N3O3. The Labute approximate surface area is 78.4 Å². The van der Waals surface area contributed by atoms with Gasteiger partial charge in [0.15, 0.2) is 0 Å². The Balaban J connectivity index is 2.26. The quantitative estimate of drug-likeness (QED) is 0.562. The average Bonchev–Trinajstić information content (AvgIpc) is 2.87. The third-order valence-corrected chi connectivity index (χ3v) is 1.98. The van der Waals surface area contributed by atoms with Crippen molar-refractivity contribution in [2.75, 3.05) is 0 Å². The first-order valence-corrected chi connectivity index (χ1v) is 4.29. The number of hydrogen-bond donors (Lipinski definition) is 3. The van der Waals surface area contributed by atoms with Crippen molar-refractivity contribution in [3.63, 3.8) is 0 Å². The standard InChI is InChI=1S/C8H9N3O3/c12-6(10-4-1-2-4)5-3-9-8(14)11-7(5)13/h3-4H,1-2H2,(H,10,12)(H2,9,11,13,14). The van der Waals surface area contributed by atoms with E-state index in [9.17, 15) is 14.4 Å². The Bertz CT molecular complexity index is 469. The van der Waals surface area contributed by atoms with E-state index in [0.717, 1.165) is 19.0 Å². The van der Waals surface area contributed by atoms with Crippen molar-refractivity contribution in [1.82, 2.24) is 15.3 Å². The zero-order chi connectivity index (χ0) is 10.1. The van der Waals surface area contributed by atoms with Crippen molar-refractivity contribution in [3.8, 4) is 0 Å². The summed E-state index contributed by atoms with van der Waals surface area (Å²) in [5.74, 6) is -0.440. The van der Waals surface area contributed by atoms with E-state index in [1.165, 1.54) is 0 Å². The fourth-order valence-corrected chi connectivity index (χ4v) is 1.07. The second-order valence-electron chi connectivity index (χ2n) is 3.23. The molecule has 0 unspecified atom stereocenters. The molecule has 6 heteroatoms. The first-order chi connectivity index (χ1) is 6.66. The lowest BCUT2D eigenvalue weighted by Crippen LogP contribution is -2.34. The van der Waals surface area contributed by atoms with Gasteiger partial charge in [-0.3, -0.25) is 14.6 Å². The minimum absolute atomic E-state index is 0.0588. The molecule has 1 aliphatic carbocycles. The first-order valence-electron chi connectivity index (χ1n) is 4.29. The fraction of sp³-hybridized carbons (Fsp3) is 0.375. The Kier molecular flexibility index (Phi) is 1.95. The van der Waals surface area contributed by atoms with Gasteiger partial charge in [0.1, 0.15) is 5.56 Å². The Morgan fingerprint density at radius 2 is 2.14 bits per heavy atom. The van der Waals surface area contributed by atoms with Crippen molar-refractivity contribution in [1.29, 1.82) is 0 Å². The maximum atomic E-state index is 11.4. The Hall–Kier alpha value is -1.85. The number of H-pyrrole nitrogens is 2. The van der Waals surface area contributed by atoms with Gasteiger partial charge in [-0.25, -0.2) is 4.79 Å². The molecule has 1 fully saturated rings. The molecule has 0 atom stereocenters. The van der Waals surface area contributed by atoms with Crippen LogP contribution < -0.4 is 16.6 Å². The van der Waals surface area contributed by atoms with Crippen LogP contribution in [0.2, 0.25) is 0 Å². The zero-order valence-electron chi connectivity index (χ0n) is 7.29. The summed E-state index contributed by atoms with van der Waals surface area (Å²) in [5, 5.41) is 2.65. The number of nitrogens with one attached hydrogen (secondary N) is 3. The Morgan fingerprint density at radius 3 is 2.71 bits per heavy atom. The zero-order valence-corrected chi connectivity index (χ0v) is 7.29. The van der Waals surface area contributed by atoms with Crippen LogP contribution >= 0.6 is 0 Å². The van der Waals surface area contributed by atoms with Crippen LogP contribution in [0.3, 0.4) is 0 Å². The van der Waals surface area contributed by atoms with Crippen molar-refractivity contribution < 1.29 is 4.79 Å². The maximum Gasteiger partial charge on any atom is 0.325 e. The number of carbonyl (C=O) groups is 1. The van der Waals surface area contributed by atoms with E-state index in [4.69, 9.17) is 0 Å². The van der Waals surface area contributed by atoms with Gasteiger partial charge < -0.3 is 10.3 Å². The SMILES string of the molecule is O=C(NC1CC1)c1c[nH]c(=O)[nH]c1=O. The molecule has 1 aliphatic rings. The summed E-state index contributed by atoms with van der Waals surface area (Å²) in [4.78, 5) is 37.4. The van der Waals surface area contributed by atoms with Crippen molar-refractivity contribution in [2.24, 2.45) is 0 Å². The molecule has 2 rings (SSSR count). The summed E-state index contributed by atoms with van der Waals surface area (Å²) in [6.07, 6.45) is 3.03. The second-order valence-corrected chi connectivity index (χ2v) is 3.23. The predicted octanol–water partition coefficient (Wildman–Crippen LogP) is -1.04. The van der Waals surface area contributed by atoms with Gasteiger partial charge >= 0.3 is 5.69 Å². The summed E-state index contributed by atoms with van der Waals surface area (Å²) in [7, 11) is 0. The number of rotatable bonds is 2. The molecule has 1 aromatic rings. The highest BCUT2D eigenvalue weighted by molar-refractivity contribution is 5.93. The molecule has 0 bridgehead atoms. The molecule has 74 valence electrons. The number of amides is 1. The third kappa shape index (κ3) is 1.73. The van der Waals surface area contributed by atoms with Crippen LogP contribution in [0.5, 0.6) is 0 Å². The first kappa shape index (κ1) is 8.74. The van der Waals surface area contributed by atoms with E-state index in [1.807, 2.05) is 4.98 Å². The fourth-order valence-electron chi connectivity index (χ4n) is 1.07. The number of hydrogen-bond acceptors (Lipinski definition) is 3. The van der Waals surface area contributed by atoms with Gasteiger partial charge in [0.05, 0.1) is 0 Å². The van der Waals surface area contributed by atoms with Crippen LogP contribution in [0.4, 0.5) is 0 Å². The smallest absolute Gasteiger partial charge is 0.325 e. The number of aromatic nitrogens is 2. The van der Waals surface area contributed by atoms with Crippen LogP contribution in [0.25, 0.3) is 0 Å². The highest BCUT2D eigenvalue weighted by atomic mass is 16.2. The van der Waals surface area contributed by atoms with Crippen LogP contribution in [0, 0.1) is 0 Å². The van der Waals surface area contributed by atoms with Crippen LogP contribution in [0.1, 0.15) is 23.2 Å². The highest BCUT2D eigenvalue weighted by Crippen LogP contribution is 2.18. The van der Waals surface area contributed by atoms with Gasteiger partial charge in [-0.1, -0.05) is 0 Å². The molecule has 0 saturated heterocycles. The number of carbonyl (C=O) groups excluding carboxylic acids is 1. The molecule has 14 heavy (non-hydrogen) atoms. The summed E-state index contributed by atoms with van der Waals surface area (Å²) >= 11 is 0. The van der Waals surface area contributed by atoms with E-state index in [-0.39, 0.29) is 11.6 Å². The van der Waals surface area contributed by atoms with Gasteiger partial charge in [-0.2, -0.15) is 0 Å². The second kappa shape index (κ2) is 3.13. The normalized spacial score (nSPS) is 15.1. The lowest BCUT2D eigenvalue weighted by molar-refractivity contribution is 0.0949. The van der Waals surface area contributed by atoms with Crippen molar-refractivity contribution >= 4 is 5.91 Å². The molecule has 3 N–H and O–H groups in total. The summed E-state index contributed by atoms with van der Waals surface area (Å²) in [5.41, 5.74) is -1.33. The van der Waals surface area contributed by atoms with Gasteiger partial charge in [0.25, 0.3) is 11.5 Å². The van der Waals surface area contributed by atoms with Crippen LogP contribution in [0.15, 0.2) is 15.8 Å². The predicted molar refractivity (Wildman–Crippen MR) is 48.2 cm³/mol. The lowest BCUT2D eigenvalue weighted by Gasteiger charge is -2.00. The largest absolute Gasteiger partial charge is 0.349 e. The summed E-state index contributed by atoms with van der Waals surface area (Å²) in [6.45, 7) is 0. The lowest BCUT2D eigenvalue weighted by atomic mass is 10.3. The van der Waals surface area contributed by atoms with Crippen LogP contribution in [-0.4, -0.2) is 21.9 Å². The summed E-state index contributed by atoms with van der Waals surface area (Å²) in [6, 6.07) is 0.189. The maximum absolute atomic E-state index is 11.4. The van der Waals surface area contributed by atoms with Crippen molar-refractivity contribution in [2.45, 2.75) is 18.9 Å². The molecule has 1 amide bonds. The average molecular weight is 195 g/mol. The molecule has 1 saturated carbocycles. The topological polar surface area (TPSA) is 94.8 Å². The van der Waals surface area contributed by atoms with E-state index < -0.39 is 17.2 Å². The van der Waals surface area contributed by atoms with E-state index in [2.05, 4.69) is 10.3 Å². The van der Waals surface area contributed by atoms with E-state index in [1.54, 1.807) is 0 Å². The Morgan fingerprint density at radius 1 is 1.43 bits per heavy atom. The van der Waals surface area contributed by atoms with Crippen molar-refractivity contribution in [3.05, 3.63) is 32.6 Å². The minimum atomic E-state index is -0.660. The van der Waals surface area contributed by atoms with Gasteiger partial charge in [0, 0.05) is 12.2 Å². The van der Waals surface area contributed by atoms with Gasteiger partial charge in [-0.05, 0) is 12.8 Å². The minimum Gasteiger partial charge on any atom is -0.349 e.